The molecule has 0 saturated carbocycles. The number of hydrogen-bond donors (Lipinski definition) is 0. The van der Waals surface area contributed by atoms with Crippen LogP contribution in [0.2, 0.25) is 0 Å². The second-order valence-corrected chi connectivity index (χ2v) is 8.60. The van der Waals surface area contributed by atoms with Crippen molar-refractivity contribution in [3.8, 4) is 11.5 Å². The molecule has 1 aliphatic rings. The fourth-order valence-corrected chi connectivity index (χ4v) is 4.24. The average Bonchev–Trinajstić information content (AvgIpc) is 3.13. The molecule has 1 aliphatic heterocycles. The monoisotopic (exact) mass is 427 g/mol. The number of benzene rings is 1. The summed E-state index contributed by atoms with van der Waals surface area (Å²) in [6.45, 7) is 7.81. The van der Waals surface area contributed by atoms with Crippen molar-refractivity contribution in [3.63, 3.8) is 0 Å². The molecule has 0 unspecified atom stereocenters. The number of anilines is 2. The van der Waals surface area contributed by atoms with Crippen LogP contribution in [0.4, 0.5) is 11.6 Å². The van der Waals surface area contributed by atoms with Crippen molar-refractivity contribution < 1.29 is 9.47 Å². The second-order valence-electron chi connectivity index (χ2n) is 8.60. The number of rotatable bonds is 5. The molecule has 0 fully saturated rings. The van der Waals surface area contributed by atoms with Crippen LogP contribution in [0.3, 0.4) is 0 Å². The number of ether oxygens (including phenoxy) is 2. The van der Waals surface area contributed by atoms with Crippen molar-refractivity contribution in [2.75, 3.05) is 25.7 Å². The standard InChI is InChI=1S/C22H29N5O4/c1-13(2)10-27-20(28)18-19(24(4)22(27)29)23-21-25(11-14(3)12-26(18)21)16-9-15(30-5)7-8-17(16)31-6/h7-9,13-14H,10-12H2,1-6H3/t14-/m1/s1. The number of imidazole rings is 1. The molecule has 3 heterocycles. The van der Waals surface area contributed by atoms with Crippen molar-refractivity contribution in [1.82, 2.24) is 18.7 Å². The lowest BCUT2D eigenvalue weighted by molar-refractivity contribution is 0.399. The molecule has 9 nitrogen and oxygen atoms in total. The Bertz CT molecular complexity index is 1250. The lowest BCUT2D eigenvalue weighted by Gasteiger charge is -2.33. The molecule has 31 heavy (non-hydrogen) atoms. The smallest absolute Gasteiger partial charge is 0.332 e. The Hall–Kier alpha value is -3.23. The number of aromatic nitrogens is 4. The van der Waals surface area contributed by atoms with E-state index >= 15 is 0 Å². The number of methoxy groups -OCH3 is 2. The maximum absolute atomic E-state index is 13.4. The van der Waals surface area contributed by atoms with Gasteiger partial charge in [-0.15, -0.1) is 0 Å². The normalized spacial score (nSPS) is 16.1. The fourth-order valence-electron chi connectivity index (χ4n) is 4.24. The van der Waals surface area contributed by atoms with Gasteiger partial charge in [-0.05, 0) is 24.0 Å². The maximum Gasteiger partial charge on any atom is 0.332 e. The minimum Gasteiger partial charge on any atom is -0.497 e. The Morgan fingerprint density at radius 3 is 2.55 bits per heavy atom. The first-order valence-corrected chi connectivity index (χ1v) is 10.5. The van der Waals surface area contributed by atoms with E-state index in [0.29, 0.717) is 48.2 Å². The largest absolute Gasteiger partial charge is 0.497 e. The molecular weight excluding hydrogens is 398 g/mol. The van der Waals surface area contributed by atoms with E-state index in [9.17, 15) is 9.59 Å². The van der Waals surface area contributed by atoms with E-state index in [1.165, 1.54) is 9.13 Å². The van der Waals surface area contributed by atoms with Gasteiger partial charge in [-0.1, -0.05) is 20.8 Å². The molecular formula is C22H29N5O4. The molecule has 0 N–H and O–H groups in total. The number of aryl methyl sites for hydroxylation is 1. The maximum atomic E-state index is 13.4. The van der Waals surface area contributed by atoms with E-state index in [4.69, 9.17) is 14.5 Å². The molecule has 2 aromatic heterocycles. The van der Waals surface area contributed by atoms with Crippen LogP contribution in [0.15, 0.2) is 27.8 Å². The first-order chi connectivity index (χ1) is 14.8. The summed E-state index contributed by atoms with van der Waals surface area (Å²) in [6, 6.07) is 5.59. The third-order valence-corrected chi connectivity index (χ3v) is 5.67. The summed E-state index contributed by atoms with van der Waals surface area (Å²) in [5.41, 5.74) is 1.01. The van der Waals surface area contributed by atoms with Crippen LogP contribution < -0.4 is 25.6 Å². The van der Waals surface area contributed by atoms with E-state index in [-0.39, 0.29) is 23.1 Å². The molecule has 0 radical (unpaired) electrons. The van der Waals surface area contributed by atoms with Gasteiger partial charge >= 0.3 is 5.69 Å². The number of fused-ring (bicyclic) bond motifs is 3. The third kappa shape index (κ3) is 3.37. The Balaban J connectivity index is 2.01. The van der Waals surface area contributed by atoms with Crippen LogP contribution in [0.1, 0.15) is 20.8 Å². The lowest BCUT2D eigenvalue weighted by Crippen LogP contribution is -2.41. The van der Waals surface area contributed by atoms with Gasteiger partial charge in [0, 0.05) is 32.7 Å². The van der Waals surface area contributed by atoms with Gasteiger partial charge in [-0.2, -0.15) is 4.98 Å². The Labute approximate surface area is 180 Å². The van der Waals surface area contributed by atoms with E-state index in [1.807, 2.05) is 41.5 Å². The first-order valence-electron chi connectivity index (χ1n) is 10.5. The molecule has 0 amide bonds. The highest BCUT2D eigenvalue weighted by Gasteiger charge is 2.31. The summed E-state index contributed by atoms with van der Waals surface area (Å²) in [7, 11) is 4.91. The van der Waals surface area contributed by atoms with Gasteiger partial charge in [0.1, 0.15) is 11.5 Å². The second kappa shape index (κ2) is 7.79. The van der Waals surface area contributed by atoms with Crippen molar-refractivity contribution in [2.45, 2.75) is 33.9 Å². The van der Waals surface area contributed by atoms with Gasteiger partial charge in [0.15, 0.2) is 11.2 Å². The Morgan fingerprint density at radius 2 is 1.90 bits per heavy atom. The molecule has 0 saturated heterocycles. The molecule has 0 bridgehead atoms. The van der Waals surface area contributed by atoms with Gasteiger partial charge in [0.2, 0.25) is 5.95 Å². The summed E-state index contributed by atoms with van der Waals surface area (Å²) in [4.78, 5) is 33.0. The topological polar surface area (TPSA) is 83.5 Å². The SMILES string of the molecule is COc1ccc(OC)c(N2C[C@@H](C)Cn3c2nc2c3c(=O)n(CC(C)C)c(=O)n2C)c1. The summed E-state index contributed by atoms with van der Waals surface area (Å²) in [5, 5.41) is 0. The predicted molar refractivity (Wildman–Crippen MR) is 120 cm³/mol. The summed E-state index contributed by atoms with van der Waals surface area (Å²) >= 11 is 0. The van der Waals surface area contributed by atoms with Crippen LogP contribution >= 0.6 is 0 Å². The predicted octanol–water partition coefficient (Wildman–Crippen LogP) is 2.36. The van der Waals surface area contributed by atoms with Gasteiger partial charge in [-0.3, -0.25) is 13.9 Å². The molecule has 9 heteroatoms. The van der Waals surface area contributed by atoms with Crippen LogP contribution in [0.5, 0.6) is 11.5 Å². The molecule has 3 aromatic rings. The summed E-state index contributed by atoms with van der Waals surface area (Å²) < 4.78 is 15.7. The zero-order chi connectivity index (χ0) is 22.4. The quantitative estimate of drug-likeness (QED) is 0.622. The third-order valence-electron chi connectivity index (χ3n) is 5.67. The van der Waals surface area contributed by atoms with Crippen LogP contribution in [-0.4, -0.2) is 39.4 Å². The molecule has 0 spiro atoms. The lowest BCUT2D eigenvalue weighted by atomic mass is 10.1. The van der Waals surface area contributed by atoms with Crippen LogP contribution in [-0.2, 0) is 20.1 Å². The van der Waals surface area contributed by atoms with E-state index < -0.39 is 0 Å². The highest BCUT2D eigenvalue weighted by molar-refractivity contribution is 5.78. The zero-order valence-corrected chi connectivity index (χ0v) is 18.9. The van der Waals surface area contributed by atoms with Gasteiger partial charge in [0.05, 0.1) is 19.9 Å². The number of hydrogen-bond acceptors (Lipinski definition) is 6. The van der Waals surface area contributed by atoms with Crippen molar-refractivity contribution in [3.05, 3.63) is 39.0 Å². The van der Waals surface area contributed by atoms with Crippen LogP contribution in [0, 0.1) is 11.8 Å². The highest BCUT2D eigenvalue weighted by atomic mass is 16.5. The Morgan fingerprint density at radius 1 is 1.16 bits per heavy atom. The van der Waals surface area contributed by atoms with E-state index in [2.05, 4.69) is 6.92 Å². The summed E-state index contributed by atoms with van der Waals surface area (Å²) in [5.74, 6) is 2.41. The van der Waals surface area contributed by atoms with Gasteiger partial charge < -0.3 is 18.9 Å². The van der Waals surface area contributed by atoms with Gasteiger partial charge in [-0.25, -0.2) is 4.79 Å². The van der Waals surface area contributed by atoms with E-state index in [0.717, 1.165) is 5.69 Å². The fraction of sp³-hybridized carbons (Fsp3) is 0.500. The number of nitrogens with zero attached hydrogens (tertiary/aromatic N) is 5. The Kier molecular flexibility index (Phi) is 5.28. The minimum atomic E-state index is -0.347. The molecule has 4 rings (SSSR count). The summed E-state index contributed by atoms with van der Waals surface area (Å²) in [6.07, 6.45) is 0. The first kappa shape index (κ1) is 21.0. The van der Waals surface area contributed by atoms with Crippen molar-refractivity contribution in [1.29, 1.82) is 0 Å². The van der Waals surface area contributed by atoms with Crippen molar-refractivity contribution >= 4 is 22.8 Å². The molecule has 0 aliphatic carbocycles. The average molecular weight is 428 g/mol. The molecule has 1 aromatic carbocycles. The van der Waals surface area contributed by atoms with E-state index in [1.54, 1.807) is 21.3 Å². The van der Waals surface area contributed by atoms with Gasteiger partial charge in [0.25, 0.3) is 5.56 Å². The molecule has 166 valence electrons. The van der Waals surface area contributed by atoms with Crippen LogP contribution in [0.25, 0.3) is 11.2 Å². The minimum absolute atomic E-state index is 0.170. The highest BCUT2D eigenvalue weighted by Crippen LogP contribution is 2.39. The van der Waals surface area contributed by atoms with Crippen molar-refractivity contribution in [2.24, 2.45) is 18.9 Å². The zero-order valence-electron chi connectivity index (χ0n) is 18.9. The molecule has 1 atom stereocenters.